The van der Waals surface area contributed by atoms with E-state index in [1.807, 2.05) is 24.3 Å². The molecule has 2 fully saturated rings. The average Bonchev–Trinajstić information content (AvgIpc) is 3.22. The highest BCUT2D eigenvalue weighted by atomic mass is 19.1. The van der Waals surface area contributed by atoms with E-state index in [4.69, 9.17) is 4.98 Å². The summed E-state index contributed by atoms with van der Waals surface area (Å²) in [5.74, 6) is 0.595. The maximum atomic E-state index is 13.5. The molecule has 26 heavy (non-hydrogen) atoms. The van der Waals surface area contributed by atoms with Gasteiger partial charge in [0.05, 0.1) is 5.69 Å². The van der Waals surface area contributed by atoms with Gasteiger partial charge >= 0.3 is 0 Å². The van der Waals surface area contributed by atoms with E-state index in [1.54, 1.807) is 6.07 Å². The van der Waals surface area contributed by atoms with Crippen LogP contribution in [0.2, 0.25) is 0 Å². The molecular formula is C22H25FN2O. The highest BCUT2D eigenvalue weighted by Gasteiger charge is 2.31. The molecule has 1 saturated carbocycles. The molecule has 2 heterocycles. The Morgan fingerprint density at radius 2 is 1.85 bits per heavy atom. The Kier molecular flexibility index (Phi) is 5.00. The molecule has 136 valence electrons. The minimum atomic E-state index is -0.249. The third-order valence-electron chi connectivity index (χ3n) is 5.75. The first-order valence-corrected chi connectivity index (χ1v) is 9.72. The van der Waals surface area contributed by atoms with Gasteiger partial charge in [-0.3, -0.25) is 9.78 Å². The molecule has 1 aliphatic carbocycles. The van der Waals surface area contributed by atoms with Crippen molar-refractivity contribution < 1.29 is 9.18 Å². The van der Waals surface area contributed by atoms with Crippen molar-refractivity contribution >= 4 is 5.91 Å². The van der Waals surface area contributed by atoms with Crippen LogP contribution >= 0.6 is 0 Å². The summed E-state index contributed by atoms with van der Waals surface area (Å²) in [6, 6.07) is 12.5. The van der Waals surface area contributed by atoms with Crippen LogP contribution in [0.25, 0.3) is 11.3 Å². The first-order chi connectivity index (χ1) is 12.7. The normalized spacial score (nSPS) is 21.1. The van der Waals surface area contributed by atoms with Crippen molar-refractivity contribution in [3.05, 3.63) is 54.0 Å². The molecule has 0 spiro atoms. The summed E-state index contributed by atoms with van der Waals surface area (Å²) in [5, 5.41) is 0. The number of hydrogen-bond donors (Lipinski definition) is 0. The Morgan fingerprint density at radius 1 is 1.04 bits per heavy atom. The predicted octanol–water partition coefficient (Wildman–Crippen LogP) is 4.78. The lowest BCUT2D eigenvalue weighted by molar-refractivity contribution is -0.136. The van der Waals surface area contributed by atoms with Crippen molar-refractivity contribution in [2.75, 3.05) is 13.1 Å². The molecule has 0 bridgehead atoms. The number of hydrogen-bond acceptors (Lipinski definition) is 2. The number of carbonyl (C=O) groups is 1. The van der Waals surface area contributed by atoms with Gasteiger partial charge in [-0.15, -0.1) is 0 Å². The number of rotatable bonds is 3. The Labute approximate surface area is 154 Å². The fourth-order valence-electron chi connectivity index (χ4n) is 4.34. The van der Waals surface area contributed by atoms with Crippen LogP contribution in [0.1, 0.15) is 50.1 Å². The number of nitrogens with zero attached hydrogens (tertiary/aromatic N) is 2. The molecule has 0 N–H and O–H groups in total. The van der Waals surface area contributed by atoms with Crippen LogP contribution in [0.15, 0.2) is 42.5 Å². The fraction of sp³-hybridized carbons (Fsp3) is 0.455. The van der Waals surface area contributed by atoms with Crippen molar-refractivity contribution in [3.8, 4) is 11.3 Å². The second kappa shape index (κ2) is 7.56. The summed E-state index contributed by atoms with van der Waals surface area (Å²) >= 11 is 0. The molecule has 1 aromatic heterocycles. The molecular weight excluding hydrogens is 327 g/mol. The number of carbonyl (C=O) groups excluding carboxylic acids is 1. The number of benzene rings is 1. The molecule has 1 saturated heterocycles. The minimum Gasteiger partial charge on any atom is -0.342 e. The van der Waals surface area contributed by atoms with Gasteiger partial charge in [-0.25, -0.2) is 4.39 Å². The largest absolute Gasteiger partial charge is 0.342 e. The van der Waals surface area contributed by atoms with Crippen molar-refractivity contribution in [2.45, 2.75) is 44.4 Å². The monoisotopic (exact) mass is 352 g/mol. The van der Waals surface area contributed by atoms with Crippen LogP contribution in [0, 0.1) is 11.7 Å². The molecule has 2 aromatic rings. The molecule has 1 amide bonds. The second-order valence-electron chi connectivity index (χ2n) is 7.56. The molecule has 2 aliphatic rings. The van der Waals surface area contributed by atoms with E-state index in [2.05, 4.69) is 4.90 Å². The van der Waals surface area contributed by atoms with Crippen molar-refractivity contribution in [1.29, 1.82) is 0 Å². The maximum absolute atomic E-state index is 13.5. The standard InChI is InChI=1S/C22H25FN2O/c23-19-10-3-8-17(14-19)20-11-4-12-21(24-20)18-9-5-13-25(15-18)22(26)16-6-1-2-7-16/h3-4,8,10-12,14,16,18H,1-2,5-7,9,13,15H2/t18-/m1/s1. The van der Waals surface area contributed by atoms with Crippen molar-refractivity contribution in [3.63, 3.8) is 0 Å². The molecule has 4 heteroatoms. The number of aromatic nitrogens is 1. The molecule has 1 atom stereocenters. The Morgan fingerprint density at radius 3 is 2.65 bits per heavy atom. The smallest absolute Gasteiger partial charge is 0.225 e. The Bertz CT molecular complexity index is 785. The Hall–Kier alpha value is -2.23. The zero-order chi connectivity index (χ0) is 17.9. The molecule has 3 nitrogen and oxygen atoms in total. The SMILES string of the molecule is O=C(C1CCCC1)N1CCC[C@@H](c2cccc(-c3cccc(F)c3)n2)C1. The minimum absolute atomic E-state index is 0.236. The lowest BCUT2D eigenvalue weighted by Gasteiger charge is -2.34. The number of pyridine rings is 1. The number of piperidine rings is 1. The lowest BCUT2D eigenvalue weighted by Crippen LogP contribution is -2.42. The second-order valence-corrected chi connectivity index (χ2v) is 7.56. The molecule has 0 unspecified atom stereocenters. The number of halogens is 1. The van der Waals surface area contributed by atoms with Crippen LogP contribution < -0.4 is 0 Å². The van der Waals surface area contributed by atoms with Gasteiger partial charge in [-0.1, -0.05) is 31.0 Å². The van der Waals surface area contributed by atoms with Crippen LogP contribution in [0.3, 0.4) is 0 Å². The number of likely N-dealkylation sites (tertiary alicyclic amines) is 1. The van der Waals surface area contributed by atoms with Gasteiger partial charge in [-0.05, 0) is 49.9 Å². The summed E-state index contributed by atoms with van der Waals surface area (Å²) in [4.78, 5) is 19.6. The summed E-state index contributed by atoms with van der Waals surface area (Å²) in [6.45, 7) is 1.63. The summed E-state index contributed by atoms with van der Waals surface area (Å²) in [7, 11) is 0. The van der Waals surface area contributed by atoms with Gasteiger partial charge in [0.15, 0.2) is 0 Å². The number of amides is 1. The van der Waals surface area contributed by atoms with E-state index >= 15 is 0 Å². The van der Waals surface area contributed by atoms with Crippen LogP contribution in [0.4, 0.5) is 4.39 Å². The maximum Gasteiger partial charge on any atom is 0.225 e. The van der Waals surface area contributed by atoms with Gasteiger partial charge in [-0.2, -0.15) is 0 Å². The van der Waals surface area contributed by atoms with Gasteiger partial charge in [0.1, 0.15) is 5.82 Å². The lowest BCUT2D eigenvalue weighted by atomic mass is 9.92. The van der Waals surface area contributed by atoms with Crippen LogP contribution in [0.5, 0.6) is 0 Å². The van der Waals surface area contributed by atoms with E-state index in [-0.39, 0.29) is 17.7 Å². The van der Waals surface area contributed by atoms with Crippen LogP contribution in [-0.4, -0.2) is 28.9 Å². The van der Waals surface area contributed by atoms with E-state index in [0.717, 1.165) is 55.7 Å². The molecule has 0 radical (unpaired) electrons. The quantitative estimate of drug-likeness (QED) is 0.796. The van der Waals surface area contributed by atoms with Crippen molar-refractivity contribution in [1.82, 2.24) is 9.88 Å². The summed E-state index contributed by atoms with van der Waals surface area (Å²) < 4.78 is 13.5. The predicted molar refractivity (Wildman–Crippen MR) is 100 cm³/mol. The zero-order valence-electron chi connectivity index (χ0n) is 15.0. The highest BCUT2D eigenvalue weighted by Crippen LogP contribution is 2.31. The van der Waals surface area contributed by atoms with Gasteiger partial charge in [0, 0.05) is 36.2 Å². The first kappa shape index (κ1) is 17.2. The fourth-order valence-corrected chi connectivity index (χ4v) is 4.34. The molecule has 1 aliphatic heterocycles. The first-order valence-electron chi connectivity index (χ1n) is 9.72. The molecule has 1 aromatic carbocycles. The topological polar surface area (TPSA) is 33.2 Å². The third-order valence-corrected chi connectivity index (χ3v) is 5.75. The Balaban J connectivity index is 1.51. The van der Waals surface area contributed by atoms with E-state index in [0.29, 0.717) is 5.91 Å². The van der Waals surface area contributed by atoms with Crippen LogP contribution in [-0.2, 0) is 4.79 Å². The van der Waals surface area contributed by atoms with Gasteiger partial charge < -0.3 is 4.90 Å². The molecule has 4 rings (SSSR count). The third kappa shape index (κ3) is 3.64. The summed E-state index contributed by atoms with van der Waals surface area (Å²) in [6.07, 6.45) is 6.54. The average molecular weight is 352 g/mol. The van der Waals surface area contributed by atoms with Gasteiger partial charge in [0.2, 0.25) is 5.91 Å². The summed E-state index contributed by atoms with van der Waals surface area (Å²) in [5.41, 5.74) is 2.60. The highest BCUT2D eigenvalue weighted by molar-refractivity contribution is 5.79. The van der Waals surface area contributed by atoms with E-state index < -0.39 is 0 Å². The van der Waals surface area contributed by atoms with E-state index in [9.17, 15) is 9.18 Å². The van der Waals surface area contributed by atoms with E-state index in [1.165, 1.54) is 25.0 Å². The van der Waals surface area contributed by atoms with Gasteiger partial charge in [0.25, 0.3) is 0 Å². The van der Waals surface area contributed by atoms with Crippen molar-refractivity contribution in [2.24, 2.45) is 5.92 Å². The zero-order valence-corrected chi connectivity index (χ0v) is 15.0.